The van der Waals surface area contributed by atoms with Crippen molar-refractivity contribution in [1.29, 1.82) is 0 Å². The molecule has 1 aromatic heterocycles. The number of aromatic carboxylic acids is 1. The van der Waals surface area contributed by atoms with Crippen LogP contribution in [-0.4, -0.2) is 65.1 Å². The van der Waals surface area contributed by atoms with E-state index in [0.29, 0.717) is 11.6 Å². The number of aromatic nitrogens is 1. The Morgan fingerprint density at radius 3 is 2.41 bits per heavy atom. The second kappa shape index (κ2) is 15.7. The van der Waals surface area contributed by atoms with Gasteiger partial charge < -0.3 is 19.7 Å². The number of carbonyl (C=O) groups is 2. The van der Waals surface area contributed by atoms with Crippen LogP contribution >= 0.6 is 0 Å². The zero-order chi connectivity index (χ0) is 27.2. The Hall–Kier alpha value is -3.32. The van der Waals surface area contributed by atoms with Crippen molar-refractivity contribution < 1.29 is 19.4 Å². The molecule has 0 spiro atoms. The van der Waals surface area contributed by atoms with Crippen LogP contribution < -0.4 is 4.74 Å². The molecule has 0 atom stereocenters. The molecule has 2 aromatic carbocycles. The highest BCUT2D eigenvalue weighted by Gasteiger charge is 2.25. The first kappa shape index (κ1) is 29.9. The zero-order valence-electron chi connectivity index (χ0n) is 23.0. The van der Waals surface area contributed by atoms with Gasteiger partial charge in [0.15, 0.2) is 0 Å². The molecule has 1 aliphatic rings. The van der Waals surface area contributed by atoms with Gasteiger partial charge in [0.1, 0.15) is 5.75 Å². The molecule has 0 radical (unpaired) electrons. The van der Waals surface area contributed by atoms with Crippen molar-refractivity contribution in [3.8, 4) is 5.75 Å². The van der Waals surface area contributed by atoms with Gasteiger partial charge in [-0.25, -0.2) is 4.79 Å². The number of H-pyrrole nitrogens is 1. The van der Waals surface area contributed by atoms with E-state index >= 15 is 0 Å². The Bertz CT molecular complexity index is 1090. The van der Waals surface area contributed by atoms with Crippen LogP contribution in [0.3, 0.4) is 0 Å². The van der Waals surface area contributed by atoms with Crippen LogP contribution in [0.15, 0.2) is 48.7 Å². The van der Waals surface area contributed by atoms with Gasteiger partial charge in [-0.15, -0.1) is 0 Å². The van der Waals surface area contributed by atoms with Crippen molar-refractivity contribution >= 4 is 23.3 Å². The van der Waals surface area contributed by atoms with E-state index in [0.717, 1.165) is 64.0 Å². The predicted molar refractivity (Wildman–Crippen MR) is 150 cm³/mol. The lowest BCUT2D eigenvalue weighted by Gasteiger charge is -2.37. The van der Waals surface area contributed by atoms with E-state index in [1.807, 2.05) is 24.9 Å². The number of hydrogen-bond acceptors (Lipinski definition) is 4. The summed E-state index contributed by atoms with van der Waals surface area (Å²) in [6.45, 7) is 12.1. The molecule has 1 aliphatic heterocycles. The van der Waals surface area contributed by atoms with Gasteiger partial charge >= 0.3 is 5.97 Å². The molecular formula is C30H43N3O4. The van der Waals surface area contributed by atoms with Crippen LogP contribution in [0, 0.1) is 6.92 Å². The summed E-state index contributed by atoms with van der Waals surface area (Å²) in [5, 5.41) is 9.64. The van der Waals surface area contributed by atoms with Crippen molar-refractivity contribution in [2.45, 2.75) is 66.0 Å². The number of aryl methyl sites for hydroxylation is 1. The van der Waals surface area contributed by atoms with Crippen molar-refractivity contribution in [2.75, 3.05) is 26.7 Å². The topological polar surface area (TPSA) is 85.9 Å². The highest BCUT2D eigenvalue weighted by Crippen LogP contribution is 2.32. The molecule has 4 rings (SSSR count). The van der Waals surface area contributed by atoms with Crippen LogP contribution in [0.1, 0.15) is 67.9 Å². The van der Waals surface area contributed by atoms with Gasteiger partial charge in [0.05, 0.1) is 12.7 Å². The molecule has 202 valence electrons. The van der Waals surface area contributed by atoms with Crippen LogP contribution in [0.25, 0.3) is 10.9 Å². The number of nitrogens with one attached hydrogen (secondary N) is 1. The average Bonchev–Trinajstić information content (AvgIpc) is 3.44. The minimum absolute atomic E-state index is 0.331. The molecule has 1 saturated heterocycles. The van der Waals surface area contributed by atoms with E-state index in [2.05, 4.69) is 35.9 Å². The summed E-state index contributed by atoms with van der Waals surface area (Å²) < 4.78 is 5.67. The number of carboxylic acids is 1. The summed E-state index contributed by atoms with van der Waals surface area (Å²) in [7, 11) is 1.75. The lowest BCUT2D eigenvalue weighted by atomic mass is 10.0. The lowest BCUT2D eigenvalue weighted by molar-refractivity contribution is -0.121. The number of ether oxygens (including phenoxy) is 1. The number of benzene rings is 2. The number of amides is 1. The SMILES string of the molecule is CC.CCCCN(C=O)C1CCN(Cc2c(OC)cc(C)c3[nH]ccc23)CC1.O=C(O)c1ccccc1. The second-order valence-electron chi connectivity index (χ2n) is 9.02. The van der Waals surface area contributed by atoms with E-state index in [4.69, 9.17) is 9.84 Å². The van der Waals surface area contributed by atoms with Crippen LogP contribution in [0.4, 0.5) is 0 Å². The molecule has 7 nitrogen and oxygen atoms in total. The molecule has 2 heterocycles. The quantitative estimate of drug-likeness (QED) is 0.340. The number of carboxylic acid groups (broad SMARTS) is 1. The van der Waals surface area contributed by atoms with Gasteiger partial charge in [-0.2, -0.15) is 0 Å². The molecule has 1 amide bonds. The maximum absolute atomic E-state index is 11.4. The van der Waals surface area contributed by atoms with Crippen molar-refractivity contribution in [3.05, 3.63) is 65.4 Å². The monoisotopic (exact) mass is 509 g/mol. The normalized spacial score (nSPS) is 13.6. The summed E-state index contributed by atoms with van der Waals surface area (Å²) >= 11 is 0. The molecule has 0 aliphatic carbocycles. The van der Waals surface area contributed by atoms with Gasteiger partial charge in [0.2, 0.25) is 6.41 Å². The molecule has 1 fully saturated rings. The van der Waals surface area contributed by atoms with Gasteiger partial charge in [-0.05, 0) is 56.0 Å². The number of fused-ring (bicyclic) bond motifs is 1. The Balaban J connectivity index is 0.000000367. The molecule has 0 bridgehead atoms. The maximum atomic E-state index is 11.4. The third-order valence-electron chi connectivity index (χ3n) is 6.67. The summed E-state index contributed by atoms with van der Waals surface area (Å²) in [5.74, 6) is 0.0878. The molecule has 2 N–H and O–H groups in total. The minimum atomic E-state index is -0.879. The van der Waals surface area contributed by atoms with E-state index in [-0.39, 0.29) is 0 Å². The molecular weight excluding hydrogens is 466 g/mol. The lowest BCUT2D eigenvalue weighted by Crippen LogP contribution is -2.44. The first-order valence-corrected chi connectivity index (χ1v) is 13.3. The van der Waals surface area contributed by atoms with Crippen molar-refractivity contribution in [2.24, 2.45) is 0 Å². The first-order valence-electron chi connectivity index (χ1n) is 13.3. The Morgan fingerprint density at radius 2 is 1.86 bits per heavy atom. The fourth-order valence-electron chi connectivity index (χ4n) is 4.66. The number of piperidine rings is 1. The van der Waals surface area contributed by atoms with Gasteiger partial charge in [0, 0.05) is 54.9 Å². The number of methoxy groups -OCH3 is 1. The van der Waals surface area contributed by atoms with E-state index < -0.39 is 5.97 Å². The fourth-order valence-corrected chi connectivity index (χ4v) is 4.66. The molecule has 37 heavy (non-hydrogen) atoms. The molecule has 7 heteroatoms. The Kier molecular flexibility index (Phi) is 12.7. The van der Waals surface area contributed by atoms with Crippen molar-refractivity contribution in [1.82, 2.24) is 14.8 Å². The summed E-state index contributed by atoms with van der Waals surface area (Å²) in [5.41, 5.74) is 3.99. The van der Waals surface area contributed by atoms with Gasteiger partial charge in [0.25, 0.3) is 0 Å². The van der Waals surface area contributed by atoms with E-state index in [1.54, 1.807) is 37.4 Å². The van der Waals surface area contributed by atoms with E-state index in [1.165, 1.54) is 22.0 Å². The third kappa shape index (κ3) is 8.35. The maximum Gasteiger partial charge on any atom is 0.335 e. The predicted octanol–water partition coefficient (Wildman–Crippen LogP) is 6.12. The highest BCUT2D eigenvalue weighted by molar-refractivity contribution is 5.88. The van der Waals surface area contributed by atoms with Crippen molar-refractivity contribution in [3.63, 3.8) is 0 Å². The number of hydrogen-bond donors (Lipinski definition) is 2. The summed E-state index contributed by atoms with van der Waals surface area (Å²) in [6, 6.07) is 13.0. The molecule has 0 saturated carbocycles. The highest BCUT2D eigenvalue weighted by atomic mass is 16.5. The smallest absolute Gasteiger partial charge is 0.335 e. The van der Waals surface area contributed by atoms with E-state index in [9.17, 15) is 9.59 Å². The van der Waals surface area contributed by atoms with Crippen LogP contribution in [0.5, 0.6) is 5.75 Å². The minimum Gasteiger partial charge on any atom is -0.496 e. The number of rotatable bonds is 9. The van der Waals surface area contributed by atoms with Gasteiger partial charge in [-0.3, -0.25) is 9.69 Å². The number of unbranched alkanes of at least 4 members (excludes halogenated alkanes) is 1. The molecule has 0 unspecified atom stereocenters. The van der Waals surface area contributed by atoms with Crippen LogP contribution in [-0.2, 0) is 11.3 Å². The second-order valence-corrected chi connectivity index (χ2v) is 9.02. The third-order valence-corrected chi connectivity index (χ3v) is 6.67. The Labute approximate surface area is 221 Å². The number of likely N-dealkylation sites (tertiary alicyclic amines) is 1. The van der Waals surface area contributed by atoms with Crippen LogP contribution in [0.2, 0.25) is 0 Å². The fraction of sp³-hybridized carbons (Fsp3) is 0.467. The number of nitrogens with zero attached hydrogens (tertiary/aromatic N) is 2. The average molecular weight is 510 g/mol. The summed E-state index contributed by atoms with van der Waals surface area (Å²) in [6.07, 6.45) is 7.36. The Morgan fingerprint density at radius 1 is 1.19 bits per heavy atom. The number of aromatic amines is 1. The first-order chi connectivity index (χ1) is 18.0. The number of carbonyl (C=O) groups excluding carboxylic acids is 1. The largest absolute Gasteiger partial charge is 0.496 e. The van der Waals surface area contributed by atoms with Gasteiger partial charge in [-0.1, -0.05) is 45.4 Å². The zero-order valence-corrected chi connectivity index (χ0v) is 23.0. The summed E-state index contributed by atoms with van der Waals surface area (Å²) in [4.78, 5) is 29.5. The standard InChI is InChI=1S/C21H31N3O2.C7H6O2.C2H6/c1-4-5-10-24(15-25)17-7-11-23(12-8-17)14-19-18-6-9-22-21(18)16(2)13-20(19)26-3;8-7(9)6-4-2-1-3-5-6;1-2/h6,9,13,15,17,22H,4-5,7-8,10-12,14H2,1-3H3;1-5H,(H,8,9);1-2H3. The molecule has 3 aromatic rings.